The minimum absolute atomic E-state index is 0.0200. The average molecular weight is 419 g/mol. The number of rotatable bonds is 7. The highest BCUT2D eigenvalue weighted by Crippen LogP contribution is 2.30. The number of methoxy groups -OCH3 is 2. The van der Waals surface area contributed by atoms with Crippen LogP contribution >= 0.6 is 0 Å². The summed E-state index contributed by atoms with van der Waals surface area (Å²) in [6.45, 7) is 2.83. The number of benzene rings is 2. The van der Waals surface area contributed by atoms with Gasteiger partial charge in [-0.15, -0.1) is 0 Å². The second-order valence-electron chi connectivity index (χ2n) is 6.95. The van der Waals surface area contributed by atoms with Crippen LogP contribution < -0.4 is 14.8 Å². The number of hydrogen-bond acceptors (Lipinski definition) is 5. The molecular weight excluding hydrogens is 392 g/mol. The molecule has 1 aliphatic heterocycles. The third-order valence-electron chi connectivity index (χ3n) is 5.07. The van der Waals surface area contributed by atoms with Gasteiger partial charge < -0.3 is 14.8 Å². The highest BCUT2D eigenvalue weighted by molar-refractivity contribution is 7.89. The van der Waals surface area contributed by atoms with Gasteiger partial charge in [0.2, 0.25) is 10.0 Å². The largest absolute Gasteiger partial charge is 0.497 e. The molecule has 156 valence electrons. The number of hydrogen-bond donors (Lipinski definition) is 1. The maximum atomic E-state index is 13.0. The molecule has 1 heterocycles. The highest BCUT2D eigenvalue weighted by Gasteiger charge is 2.30. The molecule has 8 heteroatoms. The van der Waals surface area contributed by atoms with Gasteiger partial charge in [0.15, 0.2) is 0 Å². The van der Waals surface area contributed by atoms with Crippen molar-refractivity contribution in [1.82, 2.24) is 9.62 Å². The molecule has 7 nitrogen and oxygen atoms in total. The van der Waals surface area contributed by atoms with E-state index in [0.29, 0.717) is 13.1 Å². The summed E-state index contributed by atoms with van der Waals surface area (Å²) in [7, 11) is -0.696. The van der Waals surface area contributed by atoms with E-state index in [9.17, 15) is 13.2 Å². The van der Waals surface area contributed by atoms with Gasteiger partial charge in [0, 0.05) is 18.7 Å². The van der Waals surface area contributed by atoms with E-state index in [0.717, 1.165) is 24.2 Å². The van der Waals surface area contributed by atoms with Crippen LogP contribution in [0.25, 0.3) is 0 Å². The predicted molar refractivity (Wildman–Crippen MR) is 110 cm³/mol. The molecule has 29 heavy (non-hydrogen) atoms. The summed E-state index contributed by atoms with van der Waals surface area (Å²) >= 11 is 0. The molecule has 2 aromatic carbocycles. The molecule has 0 radical (unpaired) electrons. The predicted octanol–water partition coefficient (Wildman–Crippen LogP) is 2.98. The standard InChI is InChI=1S/C21H26N2O5S/c1-15(16-6-9-18(27-2)10-7-16)22-21(24)17-8-11-19(28-3)20(14-17)29(25,26)23-12-4-5-13-23/h6-11,14-15H,4-5,12-13H2,1-3H3,(H,22,24). The molecule has 1 saturated heterocycles. The number of carbonyl (C=O) groups is 1. The topological polar surface area (TPSA) is 84.9 Å². The third kappa shape index (κ3) is 4.54. The fraction of sp³-hybridized carbons (Fsp3) is 0.381. The van der Waals surface area contributed by atoms with Gasteiger partial charge in [0.05, 0.1) is 20.3 Å². The van der Waals surface area contributed by atoms with Crippen LogP contribution in [0.2, 0.25) is 0 Å². The number of sulfonamides is 1. The summed E-state index contributed by atoms with van der Waals surface area (Å²) in [5, 5.41) is 2.91. The van der Waals surface area contributed by atoms with E-state index in [1.165, 1.54) is 23.5 Å². The summed E-state index contributed by atoms with van der Waals surface area (Å²) in [5.41, 5.74) is 1.18. The Bertz CT molecular complexity index is 967. The van der Waals surface area contributed by atoms with Crippen LogP contribution in [0.1, 0.15) is 41.7 Å². The minimum Gasteiger partial charge on any atom is -0.497 e. The first-order chi connectivity index (χ1) is 13.9. The maximum Gasteiger partial charge on any atom is 0.251 e. The van der Waals surface area contributed by atoms with Crippen LogP contribution in [-0.4, -0.2) is 45.9 Å². The van der Waals surface area contributed by atoms with Crippen LogP contribution in [0.3, 0.4) is 0 Å². The summed E-state index contributed by atoms with van der Waals surface area (Å²) in [5.74, 6) is 0.615. The molecule has 1 aliphatic rings. The Morgan fingerprint density at radius 3 is 2.28 bits per heavy atom. The van der Waals surface area contributed by atoms with Crippen LogP contribution in [0.15, 0.2) is 47.4 Å². The van der Waals surface area contributed by atoms with E-state index in [2.05, 4.69) is 5.32 Å². The third-order valence-corrected chi connectivity index (χ3v) is 6.99. The van der Waals surface area contributed by atoms with Gasteiger partial charge in [0.25, 0.3) is 5.91 Å². The van der Waals surface area contributed by atoms with Crippen LogP contribution in [-0.2, 0) is 10.0 Å². The summed E-state index contributed by atoms with van der Waals surface area (Å²) in [6, 6.07) is 11.6. The normalized spacial score (nSPS) is 15.7. The van der Waals surface area contributed by atoms with Crippen molar-refractivity contribution in [3.05, 3.63) is 53.6 Å². The molecule has 0 spiro atoms. The first-order valence-electron chi connectivity index (χ1n) is 9.50. The zero-order valence-electron chi connectivity index (χ0n) is 16.8. The number of nitrogens with one attached hydrogen (secondary N) is 1. The second kappa shape index (κ2) is 8.84. The lowest BCUT2D eigenvalue weighted by Gasteiger charge is -2.19. The fourth-order valence-corrected chi connectivity index (χ4v) is 5.04. The lowest BCUT2D eigenvalue weighted by Crippen LogP contribution is -2.29. The van der Waals surface area contributed by atoms with Crippen molar-refractivity contribution in [3.8, 4) is 11.5 Å². The van der Waals surface area contributed by atoms with E-state index < -0.39 is 10.0 Å². The molecule has 1 amide bonds. The Morgan fingerprint density at radius 1 is 1.03 bits per heavy atom. The van der Waals surface area contributed by atoms with E-state index in [-0.39, 0.29) is 28.2 Å². The Kier molecular flexibility index (Phi) is 6.44. The number of amides is 1. The fourth-order valence-electron chi connectivity index (χ4n) is 3.34. The van der Waals surface area contributed by atoms with Crippen molar-refractivity contribution in [3.63, 3.8) is 0 Å². The molecule has 0 aliphatic carbocycles. The molecule has 3 rings (SSSR count). The zero-order valence-corrected chi connectivity index (χ0v) is 17.7. The van der Waals surface area contributed by atoms with Crippen LogP contribution in [0, 0.1) is 0 Å². The van der Waals surface area contributed by atoms with E-state index >= 15 is 0 Å². The van der Waals surface area contributed by atoms with Crippen molar-refractivity contribution in [1.29, 1.82) is 0 Å². The van der Waals surface area contributed by atoms with Crippen molar-refractivity contribution >= 4 is 15.9 Å². The quantitative estimate of drug-likeness (QED) is 0.747. The van der Waals surface area contributed by atoms with Gasteiger partial charge in [0.1, 0.15) is 16.4 Å². The number of ether oxygens (including phenoxy) is 2. The highest BCUT2D eigenvalue weighted by atomic mass is 32.2. The van der Waals surface area contributed by atoms with Gasteiger partial charge in [-0.3, -0.25) is 4.79 Å². The van der Waals surface area contributed by atoms with E-state index in [4.69, 9.17) is 9.47 Å². The summed E-state index contributed by atoms with van der Waals surface area (Å²) in [4.78, 5) is 12.8. The monoisotopic (exact) mass is 418 g/mol. The van der Waals surface area contributed by atoms with Crippen molar-refractivity contribution in [2.24, 2.45) is 0 Å². The van der Waals surface area contributed by atoms with Crippen molar-refractivity contribution in [2.75, 3.05) is 27.3 Å². The molecule has 1 atom stereocenters. The molecule has 2 aromatic rings. The average Bonchev–Trinajstić information content (AvgIpc) is 3.29. The number of nitrogens with zero attached hydrogens (tertiary/aromatic N) is 1. The van der Waals surface area contributed by atoms with Crippen LogP contribution in [0.5, 0.6) is 11.5 Å². The SMILES string of the molecule is COc1ccc(C(C)NC(=O)c2ccc(OC)c(S(=O)(=O)N3CCCC3)c2)cc1. The van der Waals surface area contributed by atoms with Gasteiger partial charge >= 0.3 is 0 Å². The Labute approximate surface area is 171 Å². The van der Waals surface area contributed by atoms with Crippen LogP contribution in [0.4, 0.5) is 0 Å². The molecule has 1 unspecified atom stereocenters. The molecule has 0 bridgehead atoms. The molecular formula is C21H26N2O5S. The first-order valence-corrected chi connectivity index (χ1v) is 10.9. The molecule has 1 fully saturated rings. The number of carbonyl (C=O) groups excluding carboxylic acids is 1. The van der Waals surface area contributed by atoms with E-state index in [1.54, 1.807) is 13.2 Å². The van der Waals surface area contributed by atoms with Crippen molar-refractivity contribution < 1.29 is 22.7 Å². The zero-order chi connectivity index (χ0) is 21.0. The van der Waals surface area contributed by atoms with Gasteiger partial charge in [-0.25, -0.2) is 8.42 Å². The lowest BCUT2D eigenvalue weighted by atomic mass is 10.1. The second-order valence-corrected chi connectivity index (χ2v) is 8.85. The molecule has 1 N–H and O–H groups in total. The maximum absolute atomic E-state index is 13.0. The summed E-state index contributed by atoms with van der Waals surface area (Å²) < 4.78 is 37.8. The Hall–Kier alpha value is -2.58. The van der Waals surface area contributed by atoms with Crippen molar-refractivity contribution in [2.45, 2.75) is 30.7 Å². The first kappa shape index (κ1) is 21.1. The molecule has 0 aromatic heterocycles. The summed E-state index contributed by atoms with van der Waals surface area (Å²) in [6.07, 6.45) is 1.67. The Morgan fingerprint density at radius 2 is 1.69 bits per heavy atom. The van der Waals surface area contributed by atoms with Gasteiger partial charge in [-0.1, -0.05) is 12.1 Å². The minimum atomic E-state index is -3.71. The smallest absolute Gasteiger partial charge is 0.251 e. The van der Waals surface area contributed by atoms with Gasteiger partial charge in [-0.05, 0) is 55.7 Å². The van der Waals surface area contributed by atoms with E-state index in [1.807, 2.05) is 31.2 Å². The Balaban J connectivity index is 1.83. The molecule has 0 saturated carbocycles. The van der Waals surface area contributed by atoms with Gasteiger partial charge in [-0.2, -0.15) is 4.31 Å². The lowest BCUT2D eigenvalue weighted by molar-refractivity contribution is 0.0939.